The number of phenols is 1. The molecule has 0 aliphatic rings. The second-order valence-corrected chi connectivity index (χ2v) is 4.14. The number of aromatic nitrogens is 1. The summed E-state index contributed by atoms with van der Waals surface area (Å²) in [6, 6.07) is 2.97. The molecule has 1 aromatic heterocycles. The maximum atomic E-state index is 11.2. The van der Waals surface area contributed by atoms with Gasteiger partial charge in [-0.25, -0.2) is 0 Å². The minimum atomic E-state index is -0.279. The Labute approximate surface area is 108 Å². The standard InChI is InChI=1S/C12H12ClNO4/c1-2-17-12(16)4-3-9-7-5-8(13)10(15)6-11(7)18-14-9/h5-6,15H,2-4H2,1H3. The Hall–Kier alpha value is -1.75. The van der Waals surface area contributed by atoms with E-state index in [4.69, 9.17) is 20.9 Å². The number of nitrogens with zero attached hydrogens (tertiary/aromatic N) is 1. The number of hydrogen-bond acceptors (Lipinski definition) is 5. The van der Waals surface area contributed by atoms with Crippen molar-refractivity contribution >= 4 is 28.5 Å². The van der Waals surface area contributed by atoms with Crippen LogP contribution in [0.1, 0.15) is 19.0 Å². The number of aromatic hydroxyl groups is 1. The summed E-state index contributed by atoms with van der Waals surface area (Å²) in [5.41, 5.74) is 1.07. The Morgan fingerprint density at radius 2 is 2.33 bits per heavy atom. The number of rotatable bonds is 4. The van der Waals surface area contributed by atoms with Crippen molar-refractivity contribution < 1.29 is 19.2 Å². The fourth-order valence-electron chi connectivity index (χ4n) is 1.63. The molecule has 0 saturated heterocycles. The molecule has 0 amide bonds. The SMILES string of the molecule is CCOC(=O)CCc1noc2cc(O)c(Cl)cc12. The normalized spacial score (nSPS) is 10.8. The van der Waals surface area contributed by atoms with Crippen molar-refractivity contribution in [2.45, 2.75) is 19.8 Å². The van der Waals surface area contributed by atoms with Crippen LogP contribution in [-0.4, -0.2) is 22.8 Å². The molecule has 0 aliphatic heterocycles. The molecule has 2 rings (SSSR count). The van der Waals surface area contributed by atoms with Gasteiger partial charge >= 0.3 is 5.97 Å². The molecule has 1 N–H and O–H groups in total. The first kappa shape index (κ1) is 12.7. The Morgan fingerprint density at radius 3 is 3.06 bits per heavy atom. The van der Waals surface area contributed by atoms with Crippen LogP contribution in [0.4, 0.5) is 0 Å². The number of carbonyl (C=O) groups is 1. The summed E-state index contributed by atoms with van der Waals surface area (Å²) in [6.07, 6.45) is 0.640. The van der Waals surface area contributed by atoms with Gasteiger partial charge in [-0.05, 0) is 13.0 Å². The Bertz CT molecular complexity index is 579. The van der Waals surface area contributed by atoms with Crippen molar-refractivity contribution in [3.8, 4) is 5.75 Å². The summed E-state index contributed by atoms with van der Waals surface area (Å²) >= 11 is 5.82. The second kappa shape index (κ2) is 5.27. The van der Waals surface area contributed by atoms with Gasteiger partial charge in [0.15, 0.2) is 5.58 Å². The zero-order chi connectivity index (χ0) is 13.1. The molecule has 5 nitrogen and oxygen atoms in total. The van der Waals surface area contributed by atoms with Gasteiger partial charge in [0.25, 0.3) is 0 Å². The molecule has 1 heterocycles. The fourth-order valence-corrected chi connectivity index (χ4v) is 1.79. The summed E-state index contributed by atoms with van der Waals surface area (Å²) in [5.74, 6) is -0.337. The number of esters is 1. The van der Waals surface area contributed by atoms with E-state index in [1.807, 2.05) is 0 Å². The first-order chi connectivity index (χ1) is 8.61. The number of hydrogen-bond donors (Lipinski definition) is 1. The highest BCUT2D eigenvalue weighted by Gasteiger charge is 2.13. The molecule has 2 aromatic rings. The third-order valence-corrected chi connectivity index (χ3v) is 2.79. The van der Waals surface area contributed by atoms with Gasteiger partial charge in [0.05, 0.1) is 23.7 Å². The van der Waals surface area contributed by atoms with Gasteiger partial charge < -0.3 is 14.4 Å². The largest absolute Gasteiger partial charge is 0.506 e. The molecule has 0 fully saturated rings. The summed E-state index contributed by atoms with van der Waals surface area (Å²) in [5, 5.41) is 14.2. The minimum absolute atomic E-state index is 0.0581. The molecule has 0 atom stereocenters. The second-order valence-electron chi connectivity index (χ2n) is 3.73. The smallest absolute Gasteiger partial charge is 0.306 e. The van der Waals surface area contributed by atoms with Gasteiger partial charge in [-0.3, -0.25) is 4.79 Å². The lowest BCUT2D eigenvalue weighted by Gasteiger charge is -2.00. The lowest BCUT2D eigenvalue weighted by molar-refractivity contribution is -0.143. The summed E-state index contributed by atoms with van der Waals surface area (Å²) in [6.45, 7) is 2.12. The number of halogens is 1. The third-order valence-electron chi connectivity index (χ3n) is 2.49. The van der Waals surface area contributed by atoms with Gasteiger partial charge in [0.2, 0.25) is 0 Å². The van der Waals surface area contributed by atoms with Crippen LogP contribution in [0.3, 0.4) is 0 Å². The van der Waals surface area contributed by atoms with Crippen molar-refractivity contribution in [2.75, 3.05) is 6.61 Å². The van der Waals surface area contributed by atoms with Crippen LogP contribution in [0.25, 0.3) is 11.0 Å². The number of ether oxygens (including phenoxy) is 1. The molecule has 6 heteroatoms. The van der Waals surface area contributed by atoms with E-state index >= 15 is 0 Å². The van der Waals surface area contributed by atoms with Crippen molar-refractivity contribution in [3.63, 3.8) is 0 Å². The molecular weight excluding hydrogens is 258 g/mol. The first-order valence-electron chi connectivity index (χ1n) is 5.54. The van der Waals surface area contributed by atoms with Gasteiger partial charge in [-0.1, -0.05) is 16.8 Å². The first-order valence-corrected chi connectivity index (χ1v) is 5.92. The summed E-state index contributed by atoms with van der Waals surface area (Å²) in [4.78, 5) is 11.2. The monoisotopic (exact) mass is 269 g/mol. The van der Waals surface area contributed by atoms with Crippen molar-refractivity contribution in [1.29, 1.82) is 0 Å². The van der Waals surface area contributed by atoms with E-state index in [-0.39, 0.29) is 23.2 Å². The van der Waals surface area contributed by atoms with E-state index < -0.39 is 0 Å². The lowest BCUT2D eigenvalue weighted by Crippen LogP contribution is -2.05. The molecule has 0 unspecified atom stereocenters. The van der Waals surface area contributed by atoms with Gasteiger partial charge in [0, 0.05) is 17.9 Å². The van der Waals surface area contributed by atoms with E-state index in [2.05, 4.69) is 5.16 Å². The predicted octanol–water partition coefficient (Wildman–Crippen LogP) is 2.68. The Morgan fingerprint density at radius 1 is 1.56 bits per heavy atom. The average Bonchev–Trinajstić information content (AvgIpc) is 2.70. The van der Waals surface area contributed by atoms with Crippen molar-refractivity contribution in [3.05, 3.63) is 22.8 Å². The van der Waals surface area contributed by atoms with E-state index in [0.29, 0.717) is 29.7 Å². The zero-order valence-corrected chi connectivity index (χ0v) is 10.5. The molecule has 0 spiro atoms. The van der Waals surface area contributed by atoms with E-state index in [1.54, 1.807) is 13.0 Å². The topological polar surface area (TPSA) is 72.6 Å². The maximum Gasteiger partial charge on any atom is 0.306 e. The van der Waals surface area contributed by atoms with Gasteiger partial charge in [0.1, 0.15) is 5.75 Å². The van der Waals surface area contributed by atoms with E-state index in [0.717, 1.165) is 0 Å². The lowest BCUT2D eigenvalue weighted by atomic mass is 10.1. The number of fused-ring (bicyclic) bond motifs is 1. The van der Waals surface area contributed by atoms with Crippen LogP contribution in [0.15, 0.2) is 16.7 Å². The average molecular weight is 270 g/mol. The van der Waals surface area contributed by atoms with Gasteiger partial charge in [-0.2, -0.15) is 0 Å². The minimum Gasteiger partial charge on any atom is -0.506 e. The molecule has 0 aliphatic carbocycles. The Kier molecular flexibility index (Phi) is 3.72. The van der Waals surface area contributed by atoms with Gasteiger partial charge in [-0.15, -0.1) is 0 Å². The van der Waals surface area contributed by atoms with Crippen LogP contribution in [-0.2, 0) is 16.0 Å². The van der Waals surface area contributed by atoms with Crippen LogP contribution in [0.2, 0.25) is 5.02 Å². The highest BCUT2D eigenvalue weighted by Crippen LogP contribution is 2.31. The number of carbonyl (C=O) groups excluding carboxylic acids is 1. The highest BCUT2D eigenvalue weighted by molar-refractivity contribution is 6.32. The molecule has 0 bridgehead atoms. The quantitative estimate of drug-likeness (QED) is 0.864. The molecule has 0 saturated carbocycles. The molecule has 0 radical (unpaired) electrons. The highest BCUT2D eigenvalue weighted by atomic mass is 35.5. The fraction of sp³-hybridized carbons (Fsp3) is 0.333. The number of phenolic OH excluding ortho intramolecular Hbond substituents is 1. The third kappa shape index (κ3) is 2.56. The van der Waals surface area contributed by atoms with Crippen molar-refractivity contribution in [1.82, 2.24) is 5.16 Å². The molecule has 96 valence electrons. The van der Waals surface area contributed by atoms with E-state index in [9.17, 15) is 9.90 Å². The molecule has 1 aromatic carbocycles. The molecular formula is C12H12ClNO4. The van der Waals surface area contributed by atoms with Crippen molar-refractivity contribution in [2.24, 2.45) is 0 Å². The van der Waals surface area contributed by atoms with Crippen LogP contribution >= 0.6 is 11.6 Å². The summed E-state index contributed by atoms with van der Waals surface area (Å²) in [7, 11) is 0. The zero-order valence-electron chi connectivity index (χ0n) is 9.77. The predicted molar refractivity (Wildman–Crippen MR) is 65.6 cm³/mol. The Balaban J connectivity index is 2.19. The molecule has 18 heavy (non-hydrogen) atoms. The summed E-state index contributed by atoms with van der Waals surface area (Å²) < 4.78 is 9.89. The maximum absolute atomic E-state index is 11.2. The van der Waals surface area contributed by atoms with E-state index in [1.165, 1.54) is 6.07 Å². The van der Waals surface area contributed by atoms with Crippen LogP contribution in [0, 0.1) is 0 Å². The number of benzene rings is 1. The van der Waals surface area contributed by atoms with Crippen LogP contribution < -0.4 is 0 Å². The number of aryl methyl sites for hydroxylation is 1. The van der Waals surface area contributed by atoms with Crippen LogP contribution in [0.5, 0.6) is 5.75 Å².